The monoisotopic (exact) mass is 240 g/mol. The Labute approximate surface area is 105 Å². The molecule has 2 aromatic rings. The predicted octanol–water partition coefficient (Wildman–Crippen LogP) is 2.12. The third-order valence-corrected chi connectivity index (χ3v) is 2.56. The standard InChI is InChI=1S/C13H12N4O/c1-17(11-3-5-12(18-2)6-4-11)13-9-15-10(7-14)8-16-13/h3-6,8-9H,1-2H3. The number of hydrogen-bond acceptors (Lipinski definition) is 5. The van der Waals surface area contributed by atoms with E-state index in [0.717, 1.165) is 11.4 Å². The Morgan fingerprint density at radius 2 is 1.89 bits per heavy atom. The van der Waals surface area contributed by atoms with Crippen molar-refractivity contribution in [2.45, 2.75) is 0 Å². The Balaban J connectivity index is 2.23. The molecule has 5 nitrogen and oxygen atoms in total. The molecule has 0 radical (unpaired) electrons. The number of ether oxygens (including phenoxy) is 1. The molecule has 2 rings (SSSR count). The minimum absolute atomic E-state index is 0.307. The van der Waals surface area contributed by atoms with E-state index >= 15 is 0 Å². The van der Waals surface area contributed by atoms with Gasteiger partial charge in [0.1, 0.15) is 11.8 Å². The van der Waals surface area contributed by atoms with Crippen molar-refractivity contribution in [2.24, 2.45) is 0 Å². The summed E-state index contributed by atoms with van der Waals surface area (Å²) in [5.74, 6) is 1.48. The van der Waals surface area contributed by atoms with Gasteiger partial charge < -0.3 is 9.64 Å². The third kappa shape index (κ3) is 2.38. The smallest absolute Gasteiger partial charge is 0.158 e. The van der Waals surface area contributed by atoms with Gasteiger partial charge in [-0.2, -0.15) is 5.26 Å². The fourth-order valence-electron chi connectivity index (χ4n) is 1.49. The van der Waals surface area contributed by atoms with E-state index in [1.807, 2.05) is 42.3 Å². The molecule has 0 aliphatic rings. The van der Waals surface area contributed by atoms with Crippen molar-refractivity contribution in [3.63, 3.8) is 0 Å². The first-order valence-corrected chi connectivity index (χ1v) is 5.34. The third-order valence-electron chi connectivity index (χ3n) is 2.56. The van der Waals surface area contributed by atoms with Crippen molar-refractivity contribution in [3.8, 4) is 11.8 Å². The van der Waals surface area contributed by atoms with E-state index in [2.05, 4.69) is 9.97 Å². The van der Waals surface area contributed by atoms with E-state index < -0.39 is 0 Å². The molecule has 0 saturated carbocycles. The van der Waals surface area contributed by atoms with Gasteiger partial charge in [0.2, 0.25) is 0 Å². The molecule has 1 aromatic carbocycles. The normalized spacial score (nSPS) is 9.61. The Hall–Kier alpha value is -2.61. The van der Waals surface area contributed by atoms with E-state index in [-0.39, 0.29) is 0 Å². The fourth-order valence-corrected chi connectivity index (χ4v) is 1.49. The van der Waals surface area contributed by atoms with Crippen LogP contribution in [0.3, 0.4) is 0 Å². The SMILES string of the molecule is COc1ccc(N(C)c2cnc(C#N)cn2)cc1. The van der Waals surface area contributed by atoms with Crippen LogP contribution >= 0.6 is 0 Å². The van der Waals surface area contributed by atoms with Crippen molar-refractivity contribution in [3.05, 3.63) is 42.4 Å². The Bertz CT molecular complexity index is 557. The largest absolute Gasteiger partial charge is 0.497 e. The number of anilines is 2. The lowest BCUT2D eigenvalue weighted by Crippen LogP contribution is -2.11. The summed E-state index contributed by atoms with van der Waals surface area (Å²) in [6, 6.07) is 9.55. The Morgan fingerprint density at radius 1 is 1.17 bits per heavy atom. The molecule has 1 heterocycles. The molecule has 0 aliphatic heterocycles. The number of methoxy groups -OCH3 is 1. The molecule has 0 N–H and O–H groups in total. The lowest BCUT2D eigenvalue weighted by molar-refractivity contribution is 0.415. The van der Waals surface area contributed by atoms with Crippen molar-refractivity contribution in [1.29, 1.82) is 5.26 Å². The first kappa shape index (κ1) is 11.9. The second kappa shape index (κ2) is 5.15. The van der Waals surface area contributed by atoms with Gasteiger partial charge in [-0.15, -0.1) is 0 Å². The lowest BCUT2D eigenvalue weighted by atomic mass is 10.3. The number of benzene rings is 1. The minimum Gasteiger partial charge on any atom is -0.497 e. The highest BCUT2D eigenvalue weighted by Gasteiger charge is 2.06. The van der Waals surface area contributed by atoms with Crippen LogP contribution in [0.25, 0.3) is 0 Å². The number of aromatic nitrogens is 2. The molecular weight excluding hydrogens is 228 g/mol. The maximum atomic E-state index is 8.66. The lowest BCUT2D eigenvalue weighted by Gasteiger charge is -2.17. The summed E-state index contributed by atoms with van der Waals surface area (Å²) in [5, 5.41) is 8.66. The van der Waals surface area contributed by atoms with E-state index in [4.69, 9.17) is 10.00 Å². The molecule has 0 aliphatic carbocycles. The van der Waals surface area contributed by atoms with Crippen LogP contribution in [0, 0.1) is 11.3 Å². The van der Waals surface area contributed by atoms with E-state index in [1.165, 1.54) is 6.20 Å². The Kier molecular flexibility index (Phi) is 3.39. The average molecular weight is 240 g/mol. The van der Waals surface area contributed by atoms with Gasteiger partial charge in [-0.1, -0.05) is 0 Å². The predicted molar refractivity (Wildman–Crippen MR) is 67.8 cm³/mol. The minimum atomic E-state index is 0.307. The molecule has 0 bridgehead atoms. The maximum Gasteiger partial charge on any atom is 0.158 e. The van der Waals surface area contributed by atoms with E-state index in [9.17, 15) is 0 Å². The van der Waals surface area contributed by atoms with Crippen molar-refractivity contribution in [2.75, 3.05) is 19.1 Å². The summed E-state index contributed by atoms with van der Waals surface area (Å²) < 4.78 is 5.10. The number of hydrogen-bond donors (Lipinski definition) is 0. The van der Waals surface area contributed by atoms with Gasteiger partial charge in [-0.3, -0.25) is 0 Å². The number of nitriles is 1. The van der Waals surface area contributed by atoms with Crippen LogP contribution in [-0.2, 0) is 0 Å². The highest BCUT2D eigenvalue weighted by atomic mass is 16.5. The zero-order valence-corrected chi connectivity index (χ0v) is 10.2. The van der Waals surface area contributed by atoms with Crippen molar-refractivity contribution in [1.82, 2.24) is 9.97 Å². The highest BCUT2D eigenvalue weighted by molar-refractivity contribution is 5.59. The van der Waals surface area contributed by atoms with Crippen LogP contribution in [-0.4, -0.2) is 24.1 Å². The molecular formula is C13H12N4O. The molecule has 0 atom stereocenters. The van der Waals surface area contributed by atoms with Gasteiger partial charge in [0.15, 0.2) is 11.5 Å². The van der Waals surface area contributed by atoms with E-state index in [0.29, 0.717) is 11.5 Å². The van der Waals surface area contributed by atoms with Crippen LogP contribution in [0.15, 0.2) is 36.7 Å². The van der Waals surface area contributed by atoms with E-state index in [1.54, 1.807) is 13.3 Å². The molecule has 1 aromatic heterocycles. The van der Waals surface area contributed by atoms with Crippen molar-refractivity contribution < 1.29 is 4.74 Å². The summed E-state index contributed by atoms with van der Waals surface area (Å²) in [6.45, 7) is 0. The molecule has 0 saturated heterocycles. The topological polar surface area (TPSA) is 62.0 Å². The zero-order chi connectivity index (χ0) is 13.0. The number of nitrogens with zero attached hydrogens (tertiary/aromatic N) is 4. The fraction of sp³-hybridized carbons (Fsp3) is 0.154. The average Bonchev–Trinajstić information content (AvgIpc) is 2.47. The van der Waals surface area contributed by atoms with Gasteiger partial charge in [-0.05, 0) is 24.3 Å². The van der Waals surface area contributed by atoms with Crippen LogP contribution in [0.4, 0.5) is 11.5 Å². The Morgan fingerprint density at radius 3 is 2.39 bits per heavy atom. The first-order chi connectivity index (χ1) is 8.74. The molecule has 0 amide bonds. The maximum absolute atomic E-state index is 8.66. The molecule has 18 heavy (non-hydrogen) atoms. The quantitative estimate of drug-likeness (QED) is 0.822. The second-order valence-electron chi connectivity index (χ2n) is 3.63. The van der Waals surface area contributed by atoms with Crippen LogP contribution in [0.5, 0.6) is 5.75 Å². The number of rotatable bonds is 3. The van der Waals surface area contributed by atoms with Gasteiger partial charge in [0.05, 0.1) is 19.5 Å². The van der Waals surface area contributed by atoms with Crippen LogP contribution < -0.4 is 9.64 Å². The van der Waals surface area contributed by atoms with Gasteiger partial charge in [-0.25, -0.2) is 9.97 Å². The molecule has 5 heteroatoms. The summed E-state index contributed by atoms with van der Waals surface area (Å²) >= 11 is 0. The van der Waals surface area contributed by atoms with Gasteiger partial charge in [0, 0.05) is 12.7 Å². The summed E-state index contributed by atoms with van der Waals surface area (Å²) in [4.78, 5) is 10.0. The second-order valence-corrected chi connectivity index (χ2v) is 3.63. The molecule has 0 fully saturated rings. The van der Waals surface area contributed by atoms with Crippen LogP contribution in [0.1, 0.15) is 5.69 Å². The molecule has 0 unspecified atom stereocenters. The highest BCUT2D eigenvalue weighted by Crippen LogP contribution is 2.23. The van der Waals surface area contributed by atoms with Crippen LogP contribution in [0.2, 0.25) is 0 Å². The zero-order valence-electron chi connectivity index (χ0n) is 10.2. The van der Waals surface area contributed by atoms with Gasteiger partial charge in [0.25, 0.3) is 0 Å². The summed E-state index contributed by atoms with van der Waals surface area (Å²) in [7, 11) is 3.52. The first-order valence-electron chi connectivity index (χ1n) is 5.34. The summed E-state index contributed by atoms with van der Waals surface area (Å²) in [6.07, 6.45) is 3.03. The summed E-state index contributed by atoms with van der Waals surface area (Å²) in [5.41, 5.74) is 1.27. The molecule has 90 valence electrons. The molecule has 0 spiro atoms. The van der Waals surface area contributed by atoms with Crippen molar-refractivity contribution >= 4 is 11.5 Å². The van der Waals surface area contributed by atoms with Gasteiger partial charge >= 0.3 is 0 Å².